The van der Waals surface area contributed by atoms with Crippen molar-refractivity contribution in [3.05, 3.63) is 0 Å². The van der Waals surface area contributed by atoms with Gasteiger partial charge in [-0.25, -0.2) is 0 Å². The van der Waals surface area contributed by atoms with Crippen LogP contribution in [0.3, 0.4) is 0 Å². The third-order valence-electron chi connectivity index (χ3n) is 5.22. The molecule has 2 aliphatic carbocycles. The molecule has 0 radical (unpaired) electrons. The lowest BCUT2D eigenvalue weighted by atomic mass is 9.94. The molecule has 0 aromatic rings. The largest absolute Gasteiger partial charge is 0.453 e. The molecule has 4 atom stereocenters. The Bertz CT molecular complexity index is 374. The van der Waals surface area contributed by atoms with E-state index in [2.05, 4.69) is 26.2 Å². The van der Waals surface area contributed by atoms with E-state index in [0.717, 1.165) is 51.0 Å². The highest BCUT2D eigenvalue weighted by molar-refractivity contribution is 6.84. The molecule has 0 aromatic heterocycles. The van der Waals surface area contributed by atoms with Crippen LogP contribution in [0, 0.1) is 0 Å². The number of ether oxygens (including phenoxy) is 2. The summed E-state index contributed by atoms with van der Waals surface area (Å²) >= 11 is 0. The van der Waals surface area contributed by atoms with Gasteiger partial charge in [0.05, 0.1) is 24.7 Å². The van der Waals surface area contributed by atoms with Crippen LogP contribution in [0.1, 0.15) is 51.4 Å². The minimum Gasteiger partial charge on any atom is -0.453 e. The molecule has 0 amide bonds. The van der Waals surface area contributed by atoms with Gasteiger partial charge in [0.1, 0.15) is 0 Å². The first kappa shape index (κ1) is 21.5. The fourth-order valence-electron chi connectivity index (χ4n) is 4.11. The summed E-state index contributed by atoms with van der Waals surface area (Å²) in [5, 5.41) is 0. The second-order valence-corrected chi connectivity index (χ2v) is 17.8. The molecule has 5 nitrogen and oxygen atoms in total. The fourth-order valence-corrected chi connectivity index (χ4v) is 11.8. The number of hydrogen-bond donors (Lipinski definition) is 2. The van der Waals surface area contributed by atoms with Crippen molar-refractivity contribution in [3.8, 4) is 0 Å². The summed E-state index contributed by atoms with van der Waals surface area (Å²) in [5.41, 5.74) is 12.1. The highest BCUT2D eigenvalue weighted by Gasteiger charge is 2.35. The normalized spacial score (nSPS) is 31.9. The van der Waals surface area contributed by atoms with Gasteiger partial charge in [0, 0.05) is 12.1 Å². The molecule has 4 N–H and O–H groups in total. The molecular weight excluding hydrogens is 348 g/mol. The second kappa shape index (κ2) is 9.44. The molecule has 2 saturated carbocycles. The van der Waals surface area contributed by atoms with E-state index in [9.17, 15) is 0 Å². The molecule has 25 heavy (non-hydrogen) atoms. The van der Waals surface area contributed by atoms with E-state index >= 15 is 0 Å². The van der Waals surface area contributed by atoms with Crippen molar-refractivity contribution < 1.29 is 13.6 Å². The molecule has 0 aliphatic heterocycles. The van der Waals surface area contributed by atoms with Crippen molar-refractivity contribution in [1.82, 2.24) is 0 Å². The smallest absolute Gasteiger partial charge is 0.199 e. The topological polar surface area (TPSA) is 79.7 Å². The molecule has 2 rings (SSSR count). The molecular formula is C18H40N2O3Si2. The van der Waals surface area contributed by atoms with Crippen molar-refractivity contribution >= 4 is 16.6 Å². The van der Waals surface area contributed by atoms with Crippen LogP contribution in [0.4, 0.5) is 0 Å². The van der Waals surface area contributed by atoms with Crippen molar-refractivity contribution in [2.24, 2.45) is 11.5 Å². The van der Waals surface area contributed by atoms with Crippen molar-refractivity contribution in [2.45, 2.75) is 102 Å². The van der Waals surface area contributed by atoms with Crippen LogP contribution in [0.25, 0.3) is 0 Å². The number of nitrogens with two attached hydrogens (primary N) is 2. The highest BCUT2D eigenvalue weighted by Crippen LogP contribution is 2.24. The maximum Gasteiger partial charge on any atom is 0.199 e. The predicted molar refractivity (Wildman–Crippen MR) is 108 cm³/mol. The Kier molecular flexibility index (Phi) is 8.13. The van der Waals surface area contributed by atoms with E-state index in [0.29, 0.717) is 24.3 Å². The van der Waals surface area contributed by atoms with E-state index in [1.165, 1.54) is 12.8 Å². The molecule has 0 saturated heterocycles. The molecule has 2 aliphatic rings. The Labute approximate surface area is 156 Å². The SMILES string of the molecule is C[Si](C)(COC1CCCC(N)C1)O[Si](C)(C)COC1CCCC(N)C1. The van der Waals surface area contributed by atoms with Gasteiger partial charge < -0.3 is 25.1 Å². The molecule has 0 heterocycles. The third-order valence-corrected chi connectivity index (χ3v) is 11.4. The van der Waals surface area contributed by atoms with Crippen LogP contribution >= 0.6 is 0 Å². The molecule has 0 spiro atoms. The Hall–Kier alpha value is 0.234. The van der Waals surface area contributed by atoms with Gasteiger partial charge in [0.2, 0.25) is 0 Å². The Morgan fingerprint density at radius 1 is 0.720 bits per heavy atom. The lowest BCUT2D eigenvalue weighted by Crippen LogP contribution is -2.52. The van der Waals surface area contributed by atoms with Gasteiger partial charge in [-0.3, -0.25) is 0 Å². The van der Waals surface area contributed by atoms with Crippen LogP contribution in [0.15, 0.2) is 0 Å². The van der Waals surface area contributed by atoms with Crippen LogP contribution in [-0.4, -0.2) is 53.4 Å². The summed E-state index contributed by atoms with van der Waals surface area (Å²) in [5.74, 6) is 0. The Balaban J connectivity index is 1.72. The summed E-state index contributed by atoms with van der Waals surface area (Å²) in [6.07, 6.45) is 11.1. The highest BCUT2D eigenvalue weighted by atomic mass is 28.4. The lowest BCUT2D eigenvalue weighted by molar-refractivity contribution is 0.0387. The first-order valence-electron chi connectivity index (χ1n) is 10.1. The molecule has 4 unspecified atom stereocenters. The van der Waals surface area contributed by atoms with Gasteiger partial charge in [0.25, 0.3) is 0 Å². The summed E-state index contributed by atoms with van der Waals surface area (Å²) in [6.45, 7) is 9.06. The summed E-state index contributed by atoms with van der Waals surface area (Å²) in [6, 6.07) is 0.621. The van der Waals surface area contributed by atoms with Gasteiger partial charge in [-0.1, -0.05) is 0 Å². The van der Waals surface area contributed by atoms with E-state index in [-0.39, 0.29) is 0 Å². The quantitative estimate of drug-likeness (QED) is 0.625. The summed E-state index contributed by atoms with van der Waals surface area (Å²) in [4.78, 5) is 0. The average molecular weight is 389 g/mol. The van der Waals surface area contributed by atoms with Gasteiger partial charge in [-0.15, -0.1) is 0 Å². The second-order valence-electron chi connectivity index (χ2n) is 9.34. The minimum atomic E-state index is -1.85. The van der Waals surface area contributed by atoms with E-state index in [1.807, 2.05) is 0 Å². The van der Waals surface area contributed by atoms with Crippen LogP contribution in [0.2, 0.25) is 26.2 Å². The van der Waals surface area contributed by atoms with Crippen LogP contribution in [-0.2, 0) is 13.6 Å². The zero-order valence-corrected chi connectivity index (χ0v) is 18.8. The average Bonchev–Trinajstić information content (AvgIpc) is 2.51. The number of rotatable bonds is 8. The van der Waals surface area contributed by atoms with E-state index < -0.39 is 16.6 Å². The predicted octanol–water partition coefficient (Wildman–Crippen LogP) is 3.06. The summed E-state index contributed by atoms with van der Waals surface area (Å²) in [7, 11) is -3.70. The fraction of sp³-hybridized carbons (Fsp3) is 1.00. The molecule has 7 heteroatoms. The van der Waals surface area contributed by atoms with Crippen molar-refractivity contribution in [3.63, 3.8) is 0 Å². The first-order valence-corrected chi connectivity index (χ1v) is 16.3. The molecule has 148 valence electrons. The van der Waals surface area contributed by atoms with Crippen LogP contribution < -0.4 is 11.5 Å². The van der Waals surface area contributed by atoms with Gasteiger partial charge in [-0.05, 0) is 77.6 Å². The zero-order chi connectivity index (χ0) is 18.5. The molecule has 2 fully saturated rings. The molecule has 0 bridgehead atoms. The van der Waals surface area contributed by atoms with E-state index in [1.54, 1.807) is 0 Å². The molecule has 0 aromatic carbocycles. The van der Waals surface area contributed by atoms with E-state index in [4.69, 9.17) is 25.1 Å². The van der Waals surface area contributed by atoms with Gasteiger partial charge in [0.15, 0.2) is 16.6 Å². The van der Waals surface area contributed by atoms with Gasteiger partial charge >= 0.3 is 0 Å². The van der Waals surface area contributed by atoms with Crippen LogP contribution in [0.5, 0.6) is 0 Å². The number of hydrogen-bond acceptors (Lipinski definition) is 5. The maximum absolute atomic E-state index is 6.63. The van der Waals surface area contributed by atoms with Gasteiger partial charge in [-0.2, -0.15) is 0 Å². The Morgan fingerprint density at radius 2 is 1.12 bits per heavy atom. The first-order chi connectivity index (χ1) is 11.7. The van der Waals surface area contributed by atoms with Crippen molar-refractivity contribution in [2.75, 3.05) is 12.5 Å². The monoisotopic (exact) mass is 388 g/mol. The minimum absolute atomic E-state index is 0.311. The third kappa shape index (κ3) is 8.20. The van der Waals surface area contributed by atoms with Crippen molar-refractivity contribution in [1.29, 1.82) is 0 Å². The zero-order valence-electron chi connectivity index (χ0n) is 16.8. The standard InChI is InChI=1S/C18H40N2O3Si2/c1-24(2,13-21-17-9-5-7-15(19)11-17)23-25(3,4)14-22-18-10-6-8-16(20)12-18/h15-18H,5-14,19-20H2,1-4H3. The maximum atomic E-state index is 6.63. The lowest BCUT2D eigenvalue weighted by Gasteiger charge is -2.37. The Morgan fingerprint density at radius 3 is 1.48 bits per heavy atom. The summed E-state index contributed by atoms with van der Waals surface area (Å²) < 4.78 is 19.0.